The third-order valence-electron chi connectivity index (χ3n) is 4.91. The fourth-order valence-electron chi connectivity index (χ4n) is 3.53. The average Bonchev–Trinajstić information content (AvgIpc) is 3.04. The number of anilines is 1. The molecule has 1 amide bonds. The summed E-state index contributed by atoms with van der Waals surface area (Å²) in [6.45, 7) is 0. The fourth-order valence-corrected chi connectivity index (χ4v) is 4.38. The highest BCUT2D eigenvalue weighted by Gasteiger charge is 2.25. The van der Waals surface area contributed by atoms with Crippen molar-refractivity contribution in [2.24, 2.45) is 0 Å². The topological polar surface area (TPSA) is 64.0 Å². The Labute approximate surface area is 193 Å². The van der Waals surface area contributed by atoms with Gasteiger partial charge in [-0.3, -0.25) is 14.2 Å². The van der Waals surface area contributed by atoms with Gasteiger partial charge in [0.2, 0.25) is 0 Å². The van der Waals surface area contributed by atoms with E-state index in [1.165, 1.54) is 0 Å². The summed E-state index contributed by atoms with van der Waals surface area (Å²) in [6, 6.07) is 20.5. The van der Waals surface area contributed by atoms with Crippen LogP contribution in [-0.4, -0.2) is 15.5 Å². The van der Waals surface area contributed by atoms with Crippen LogP contribution < -0.4 is 10.9 Å². The van der Waals surface area contributed by atoms with Crippen LogP contribution >= 0.6 is 38.5 Å². The third-order valence-corrected chi connectivity index (χ3v) is 6.07. The number of benzene rings is 3. The fraction of sp³-hybridized carbons (Fsp3) is 0. The maximum atomic E-state index is 13.4. The van der Waals surface area contributed by atoms with Gasteiger partial charge in [0, 0.05) is 19.3 Å². The molecule has 30 heavy (non-hydrogen) atoms. The van der Waals surface area contributed by atoms with Gasteiger partial charge in [0.1, 0.15) is 5.82 Å². The summed E-state index contributed by atoms with van der Waals surface area (Å²) in [6.07, 6.45) is 1.68. The van der Waals surface area contributed by atoms with Crippen LogP contribution in [0.1, 0.15) is 11.4 Å². The van der Waals surface area contributed by atoms with E-state index in [0.717, 1.165) is 19.3 Å². The Balaban J connectivity index is 1.83. The van der Waals surface area contributed by atoms with Crippen LogP contribution in [0.25, 0.3) is 28.2 Å². The van der Waals surface area contributed by atoms with Gasteiger partial charge in [0.15, 0.2) is 0 Å². The van der Waals surface area contributed by atoms with Crippen molar-refractivity contribution >= 4 is 72.7 Å². The molecule has 4 aromatic rings. The molecule has 7 heteroatoms. The molecule has 0 spiro atoms. The first-order valence-electron chi connectivity index (χ1n) is 9.12. The second kappa shape index (κ2) is 7.48. The Morgan fingerprint density at radius 2 is 1.80 bits per heavy atom. The second-order valence-electron chi connectivity index (χ2n) is 6.81. The number of hydrogen-bond acceptors (Lipinski definition) is 3. The monoisotopic (exact) mass is 569 g/mol. The van der Waals surface area contributed by atoms with Crippen molar-refractivity contribution in [3.63, 3.8) is 0 Å². The summed E-state index contributed by atoms with van der Waals surface area (Å²) >= 11 is 5.64. The lowest BCUT2D eigenvalue weighted by atomic mass is 10.1. The number of fused-ring (bicyclic) bond motifs is 2. The van der Waals surface area contributed by atoms with E-state index in [-0.39, 0.29) is 11.5 Å². The summed E-state index contributed by atoms with van der Waals surface area (Å²) in [4.78, 5) is 30.9. The predicted molar refractivity (Wildman–Crippen MR) is 131 cm³/mol. The van der Waals surface area contributed by atoms with Crippen LogP contribution in [-0.2, 0) is 4.79 Å². The lowest BCUT2D eigenvalue weighted by Gasteiger charge is -2.12. The molecule has 146 valence electrons. The van der Waals surface area contributed by atoms with Gasteiger partial charge < -0.3 is 5.32 Å². The molecule has 1 aliphatic heterocycles. The van der Waals surface area contributed by atoms with Crippen LogP contribution in [0.5, 0.6) is 0 Å². The molecule has 0 radical (unpaired) electrons. The lowest BCUT2D eigenvalue weighted by molar-refractivity contribution is -0.110. The largest absolute Gasteiger partial charge is 0.321 e. The zero-order chi connectivity index (χ0) is 20.8. The van der Waals surface area contributed by atoms with E-state index in [0.29, 0.717) is 28.0 Å². The first-order chi connectivity index (χ1) is 14.5. The van der Waals surface area contributed by atoms with E-state index in [1.54, 1.807) is 10.6 Å². The number of amides is 1. The zero-order valence-corrected chi connectivity index (χ0v) is 19.1. The number of carbonyl (C=O) groups excluding carboxylic acids is 1. The molecule has 0 atom stereocenters. The molecule has 1 aromatic heterocycles. The number of halogens is 2. The summed E-state index contributed by atoms with van der Waals surface area (Å²) in [5.41, 5.74) is 3.07. The van der Waals surface area contributed by atoms with Crippen molar-refractivity contribution in [3.05, 3.63) is 96.5 Å². The maximum absolute atomic E-state index is 13.4. The van der Waals surface area contributed by atoms with Gasteiger partial charge in [-0.2, -0.15) is 0 Å². The van der Waals surface area contributed by atoms with Gasteiger partial charge in [0.05, 0.1) is 22.2 Å². The highest BCUT2D eigenvalue weighted by Crippen LogP contribution is 2.35. The highest BCUT2D eigenvalue weighted by molar-refractivity contribution is 14.1. The predicted octanol–water partition coefficient (Wildman–Crippen LogP) is 5.25. The molecule has 1 N–H and O–H groups in total. The Bertz CT molecular complexity index is 1430. The van der Waals surface area contributed by atoms with Crippen molar-refractivity contribution in [2.45, 2.75) is 0 Å². The Hall–Kier alpha value is -2.78. The van der Waals surface area contributed by atoms with Crippen LogP contribution in [0, 0.1) is 3.57 Å². The average molecular weight is 570 g/mol. The number of para-hydroxylation sites is 1. The molecule has 0 bridgehead atoms. The first kappa shape index (κ1) is 19.2. The van der Waals surface area contributed by atoms with Crippen LogP contribution in [0.2, 0.25) is 0 Å². The van der Waals surface area contributed by atoms with E-state index in [2.05, 4.69) is 43.8 Å². The standard InChI is InChI=1S/C23H13BrIN3O2/c24-13-6-8-19-16(10-13)17(22(29)27-19)12-21-26-20-9-7-14(25)11-18(20)23(30)28(21)15-4-2-1-3-5-15/h1-12H,(H,27,29). The Morgan fingerprint density at radius 1 is 1.00 bits per heavy atom. The molecule has 0 unspecified atom stereocenters. The van der Waals surface area contributed by atoms with Crippen molar-refractivity contribution in [3.8, 4) is 5.69 Å². The van der Waals surface area contributed by atoms with Gasteiger partial charge in [-0.05, 0) is 77.2 Å². The summed E-state index contributed by atoms with van der Waals surface area (Å²) in [5.74, 6) is 0.178. The first-order valence-corrected chi connectivity index (χ1v) is 11.0. The van der Waals surface area contributed by atoms with Crippen molar-refractivity contribution < 1.29 is 4.79 Å². The van der Waals surface area contributed by atoms with E-state index in [4.69, 9.17) is 4.98 Å². The number of carbonyl (C=O) groups is 1. The molecule has 5 nitrogen and oxygen atoms in total. The Morgan fingerprint density at radius 3 is 2.60 bits per heavy atom. The zero-order valence-electron chi connectivity index (χ0n) is 15.4. The van der Waals surface area contributed by atoms with Crippen molar-refractivity contribution in [1.29, 1.82) is 0 Å². The molecular formula is C23H13BrIN3O2. The molecular weight excluding hydrogens is 557 g/mol. The third kappa shape index (κ3) is 3.27. The van der Waals surface area contributed by atoms with E-state index in [9.17, 15) is 9.59 Å². The van der Waals surface area contributed by atoms with Crippen molar-refractivity contribution in [2.75, 3.05) is 5.32 Å². The minimum atomic E-state index is -0.223. The lowest BCUT2D eigenvalue weighted by Crippen LogP contribution is -2.22. The smallest absolute Gasteiger partial charge is 0.266 e. The molecule has 0 saturated heterocycles. The number of nitrogens with zero attached hydrogens (tertiary/aromatic N) is 2. The summed E-state index contributed by atoms with van der Waals surface area (Å²) in [7, 11) is 0. The molecule has 3 aromatic carbocycles. The van der Waals surface area contributed by atoms with Crippen LogP contribution in [0.3, 0.4) is 0 Å². The van der Waals surface area contributed by atoms with Crippen LogP contribution in [0.15, 0.2) is 76.0 Å². The van der Waals surface area contributed by atoms with E-state index >= 15 is 0 Å². The summed E-state index contributed by atoms with van der Waals surface area (Å²) in [5, 5.41) is 3.40. The minimum Gasteiger partial charge on any atom is -0.321 e. The number of hydrogen-bond donors (Lipinski definition) is 1. The molecule has 2 heterocycles. The molecule has 1 aliphatic rings. The number of rotatable bonds is 2. The molecule has 0 fully saturated rings. The van der Waals surface area contributed by atoms with Crippen LogP contribution in [0.4, 0.5) is 5.69 Å². The molecule has 0 aliphatic carbocycles. The normalized spacial score (nSPS) is 14.2. The quantitative estimate of drug-likeness (QED) is 0.265. The SMILES string of the molecule is O=C1Nc2ccc(Br)cc2C1=Cc1nc2ccc(I)cc2c(=O)n1-c1ccccc1. The van der Waals surface area contributed by atoms with Gasteiger partial charge >= 0.3 is 0 Å². The number of aromatic nitrogens is 2. The van der Waals surface area contributed by atoms with Gasteiger partial charge in [-0.15, -0.1) is 0 Å². The maximum Gasteiger partial charge on any atom is 0.266 e. The summed E-state index contributed by atoms with van der Waals surface area (Å²) < 4.78 is 3.37. The van der Waals surface area contributed by atoms with Crippen molar-refractivity contribution in [1.82, 2.24) is 9.55 Å². The molecule has 0 saturated carbocycles. The molecule has 5 rings (SSSR count). The Kier molecular flexibility index (Phi) is 4.79. The minimum absolute atomic E-state index is 0.176. The second-order valence-corrected chi connectivity index (χ2v) is 8.97. The van der Waals surface area contributed by atoms with E-state index < -0.39 is 0 Å². The van der Waals surface area contributed by atoms with Gasteiger partial charge in [-0.1, -0.05) is 34.1 Å². The van der Waals surface area contributed by atoms with Gasteiger partial charge in [-0.25, -0.2) is 4.98 Å². The van der Waals surface area contributed by atoms with E-state index in [1.807, 2.05) is 66.7 Å². The number of nitrogens with one attached hydrogen (secondary N) is 1. The van der Waals surface area contributed by atoms with Gasteiger partial charge in [0.25, 0.3) is 11.5 Å². The highest BCUT2D eigenvalue weighted by atomic mass is 127.